The summed E-state index contributed by atoms with van der Waals surface area (Å²) in [6.07, 6.45) is 0. The van der Waals surface area contributed by atoms with Crippen LogP contribution in [-0.2, 0) is 10.8 Å². The normalized spacial score (nSPS) is 15.0. The van der Waals surface area contributed by atoms with E-state index < -0.39 is 8.07 Å². The van der Waals surface area contributed by atoms with E-state index in [0.29, 0.717) is 0 Å². The van der Waals surface area contributed by atoms with Crippen molar-refractivity contribution < 1.29 is 0 Å². The number of hydrogen-bond donors (Lipinski definition) is 0. The second kappa shape index (κ2) is 11.4. The maximum absolute atomic E-state index is 2.50. The molecule has 0 radical (unpaired) electrons. The van der Waals surface area contributed by atoms with Gasteiger partial charge in [0.2, 0.25) is 0 Å². The van der Waals surface area contributed by atoms with Gasteiger partial charge in [-0.2, -0.15) is 0 Å². The molecular formula is C55H46Si. The summed E-state index contributed by atoms with van der Waals surface area (Å²) in [5.74, 6) is 0. The first-order valence-corrected chi connectivity index (χ1v) is 23.8. The van der Waals surface area contributed by atoms with Gasteiger partial charge in [-0.15, -0.1) is 0 Å². The molecule has 0 amide bonds. The van der Waals surface area contributed by atoms with Crippen LogP contribution in [-0.4, -0.2) is 8.07 Å². The Morgan fingerprint density at radius 3 is 1.34 bits per heavy atom. The first-order chi connectivity index (χ1) is 26.9. The van der Waals surface area contributed by atoms with Crippen LogP contribution < -0.4 is 5.19 Å². The minimum absolute atomic E-state index is 0.0493. The number of rotatable bonds is 4. The molecule has 0 spiro atoms. The van der Waals surface area contributed by atoms with Gasteiger partial charge < -0.3 is 0 Å². The highest BCUT2D eigenvalue weighted by Crippen LogP contribution is 2.53. The van der Waals surface area contributed by atoms with Crippen molar-refractivity contribution >= 4 is 45.6 Å². The molecular weight excluding hydrogens is 689 g/mol. The van der Waals surface area contributed by atoms with E-state index in [2.05, 4.69) is 199 Å². The molecule has 2 aliphatic carbocycles. The average Bonchev–Trinajstić information content (AvgIpc) is 3.58. The average molecular weight is 735 g/mol. The van der Waals surface area contributed by atoms with E-state index in [1.807, 2.05) is 0 Å². The SMILES string of the molecule is CC1(C)c2ccccc2-c2ccc(-c3ccc4ccc5c(-c6ccc7c(c6)C(C)(C)c6ccccc6-7)cc(-c6ccc([Si](C)(C)C)cc6)c6ccc3c4c65)cc21. The third-order valence-electron chi connectivity index (χ3n) is 13.6. The smallest absolute Gasteiger partial charge is 0.0656 e. The summed E-state index contributed by atoms with van der Waals surface area (Å²) in [5, 5.41) is 9.45. The van der Waals surface area contributed by atoms with E-state index in [-0.39, 0.29) is 10.8 Å². The molecule has 1 heteroatoms. The number of fused-ring (bicyclic) bond motifs is 6. The van der Waals surface area contributed by atoms with E-state index in [1.165, 1.54) is 115 Å². The van der Waals surface area contributed by atoms with Gasteiger partial charge in [-0.05, 0) is 128 Å². The lowest BCUT2D eigenvalue weighted by molar-refractivity contribution is 0.660. The largest absolute Gasteiger partial charge is 0.0775 e. The van der Waals surface area contributed by atoms with Crippen LogP contribution in [0.4, 0.5) is 0 Å². The fraction of sp³-hybridized carbons (Fsp3) is 0.164. The molecule has 0 saturated heterocycles. The zero-order valence-electron chi connectivity index (χ0n) is 33.4. The molecule has 0 fully saturated rings. The van der Waals surface area contributed by atoms with Gasteiger partial charge in [-0.1, -0.05) is 186 Å². The minimum atomic E-state index is -1.45. The molecule has 0 unspecified atom stereocenters. The molecule has 0 atom stereocenters. The van der Waals surface area contributed by atoms with Crippen molar-refractivity contribution in [2.24, 2.45) is 0 Å². The van der Waals surface area contributed by atoms with Crippen molar-refractivity contribution in [2.75, 3.05) is 0 Å². The Bertz CT molecular complexity index is 3090. The molecule has 270 valence electrons. The van der Waals surface area contributed by atoms with E-state index >= 15 is 0 Å². The van der Waals surface area contributed by atoms with E-state index in [0.717, 1.165) is 0 Å². The highest BCUT2D eigenvalue weighted by Gasteiger charge is 2.37. The van der Waals surface area contributed by atoms with E-state index in [4.69, 9.17) is 0 Å². The van der Waals surface area contributed by atoms with Gasteiger partial charge in [0, 0.05) is 10.8 Å². The fourth-order valence-electron chi connectivity index (χ4n) is 10.5. The van der Waals surface area contributed by atoms with Crippen molar-refractivity contribution in [3.63, 3.8) is 0 Å². The molecule has 0 nitrogen and oxygen atoms in total. The molecule has 9 aromatic rings. The number of benzene rings is 9. The van der Waals surface area contributed by atoms with Crippen LogP contribution in [0.1, 0.15) is 49.9 Å². The summed E-state index contributed by atoms with van der Waals surface area (Å²) in [7, 11) is -1.45. The number of hydrogen-bond acceptors (Lipinski definition) is 0. The van der Waals surface area contributed by atoms with Crippen LogP contribution >= 0.6 is 0 Å². The summed E-state index contributed by atoms with van der Waals surface area (Å²) >= 11 is 0. The lowest BCUT2D eigenvalue weighted by Crippen LogP contribution is -2.37. The molecule has 11 rings (SSSR count). The summed E-state index contributed by atoms with van der Waals surface area (Å²) in [6.45, 7) is 16.8. The zero-order valence-corrected chi connectivity index (χ0v) is 34.4. The van der Waals surface area contributed by atoms with Crippen LogP contribution in [0.3, 0.4) is 0 Å². The molecule has 0 aromatic heterocycles. The van der Waals surface area contributed by atoms with Crippen molar-refractivity contribution in [3.05, 3.63) is 174 Å². The molecule has 2 aliphatic rings. The highest BCUT2D eigenvalue weighted by atomic mass is 28.3. The van der Waals surface area contributed by atoms with Crippen LogP contribution in [0, 0.1) is 0 Å². The second-order valence-electron chi connectivity index (χ2n) is 18.5. The van der Waals surface area contributed by atoms with Crippen molar-refractivity contribution in [3.8, 4) is 55.6 Å². The summed E-state index contributed by atoms with van der Waals surface area (Å²) in [4.78, 5) is 0. The van der Waals surface area contributed by atoms with E-state index in [1.54, 1.807) is 0 Å². The summed E-state index contributed by atoms with van der Waals surface area (Å²) in [6, 6.07) is 58.6. The third kappa shape index (κ3) is 4.58. The monoisotopic (exact) mass is 734 g/mol. The lowest BCUT2D eigenvalue weighted by atomic mass is 9.80. The van der Waals surface area contributed by atoms with Crippen LogP contribution in [0.25, 0.3) is 88.0 Å². The summed E-state index contributed by atoms with van der Waals surface area (Å²) in [5.41, 5.74) is 18.7. The molecule has 0 saturated carbocycles. The molecule has 56 heavy (non-hydrogen) atoms. The summed E-state index contributed by atoms with van der Waals surface area (Å²) < 4.78 is 0. The Morgan fingerprint density at radius 2 is 0.768 bits per heavy atom. The maximum Gasteiger partial charge on any atom is 0.0775 e. The van der Waals surface area contributed by atoms with Gasteiger partial charge in [0.25, 0.3) is 0 Å². The first-order valence-electron chi connectivity index (χ1n) is 20.3. The Balaban J connectivity index is 1.17. The maximum atomic E-state index is 2.50. The topological polar surface area (TPSA) is 0 Å². The third-order valence-corrected chi connectivity index (χ3v) is 15.7. The van der Waals surface area contributed by atoms with Crippen molar-refractivity contribution in [2.45, 2.75) is 58.2 Å². The quantitative estimate of drug-likeness (QED) is 0.125. The van der Waals surface area contributed by atoms with E-state index in [9.17, 15) is 0 Å². The predicted octanol–water partition coefficient (Wildman–Crippen LogP) is 14.7. The van der Waals surface area contributed by atoms with Crippen molar-refractivity contribution in [1.82, 2.24) is 0 Å². The molecule has 0 bridgehead atoms. The first kappa shape index (κ1) is 33.6. The predicted molar refractivity (Wildman–Crippen MR) is 245 cm³/mol. The molecule has 0 heterocycles. The van der Waals surface area contributed by atoms with Crippen molar-refractivity contribution in [1.29, 1.82) is 0 Å². The van der Waals surface area contributed by atoms with Crippen LogP contribution in [0.15, 0.2) is 152 Å². The standard InChI is InChI=1S/C55H46Si/c1-54(2)48-14-10-8-12-39(48)41-25-20-35(30-50(41)54)38-24-18-34-19-27-44-47(36-21-26-42-40-13-9-11-15-49(40)55(3,4)51(42)31-36)32-46(45-29-28-43(38)52(34)53(44)45)33-16-22-37(23-17-33)56(5,6)7/h8-32H,1-7H3. The fourth-order valence-corrected chi connectivity index (χ4v) is 11.7. The minimum Gasteiger partial charge on any atom is -0.0656 e. The molecule has 0 aliphatic heterocycles. The van der Waals surface area contributed by atoms with Crippen LogP contribution in [0.2, 0.25) is 19.6 Å². The lowest BCUT2D eigenvalue weighted by Gasteiger charge is -2.23. The van der Waals surface area contributed by atoms with Gasteiger partial charge in [-0.25, -0.2) is 0 Å². The van der Waals surface area contributed by atoms with Gasteiger partial charge in [-0.3, -0.25) is 0 Å². The molecule has 9 aromatic carbocycles. The van der Waals surface area contributed by atoms with Gasteiger partial charge >= 0.3 is 0 Å². The van der Waals surface area contributed by atoms with Gasteiger partial charge in [0.1, 0.15) is 0 Å². The Morgan fingerprint density at radius 1 is 0.339 bits per heavy atom. The Labute approximate surface area is 331 Å². The van der Waals surface area contributed by atoms with Crippen LogP contribution in [0.5, 0.6) is 0 Å². The van der Waals surface area contributed by atoms with Gasteiger partial charge in [0.05, 0.1) is 8.07 Å². The second-order valence-corrected chi connectivity index (χ2v) is 23.6. The zero-order chi connectivity index (χ0) is 38.3. The van der Waals surface area contributed by atoms with Gasteiger partial charge in [0.15, 0.2) is 0 Å². The highest BCUT2D eigenvalue weighted by molar-refractivity contribution is 6.88. The Hall–Kier alpha value is -5.76. The Kier molecular flexibility index (Phi) is 6.83. The molecule has 0 N–H and O–H groups in total.